The Bertz CT molecular complexity index is 1180. The number of hydrogen-bond donors (Lipinski definition) is 1. The molecule has 1 aromatic heterocycles. The molecule has 1 heterocycles. The number of anilines is 1. The Morgan fingerprint density at radius 1 is 0.906 bits per heavy atom. The van der Waals surface area contributed by atoms with E-state index in [4.69, 9.17) is 18.7 Å². The van der Waals surface area contributed by atoms with Crippen LogP contribution < -0.4 is 19.5 Å². The third kappa shape index (κ3) is 5.23. The summed E-state index contributed by atoms with van der Waals surface area (Å²) < 4.78 is 21.9. The van der Waals surface area contributed by atoms with Gasteiger partial charge in [-0.25, -0.2) is 0 Å². The first-order chi connectivity index (χ1) is 15.7. The topological polar surface area (TPSA) is 95.7 Å². The number of rotatable bonds is 9. The van der Waals surface area contributed by atoms with Crippen LogP contribution in [0.25, 0.3) is 11.4 Å². The number of para-hydroxylation sites is 4. The van der Waals surface area contributed by atoms with Crippen molar-refractivity contribution in [3.63, 3.8) is 0 Å². The van der Waals surface area contributed by atoms with Crippen molar-refractivity contribution in [3.05, 3.63) is 84.8 Å². The highest BCUT2D eigenvalue weighted by atomic mass is 16.5. The summed E-state index contributed by atoms with van der Waals surface area (Å²) in [5.74, 6) is 2.08. The van der Waals surface area contributed by atoms with Gasteiger partial charge in [0.05, 0.1) is 18.4 Å². The number of methoxy groups -OCH3 is 1. The normalized spacial score (nSPS) is 10.4. The zero-order chi connectivity index (χ0) is 22.2. The highest BCUT2D eigenvalue weighted by molar-refractivity contribution is 5.93. The Kier molecular flexibility index (Phi) is 6.62. The number of aromatic nitrogens is 2. The van der Waals surface area contributed by atoms with Crippen molar-refractivity contribution in [2.24, 2.45) is 0 Å². The summed E-state index contributed by atoms with van der Waals surface area (Å²) in [5.41, 5.74) is 1.17. The smallest absolute Gasteiger partial charge is 0.264 e. The number of amides is 1. The molecule has 32 heavy (non-hydrogen) atoms. The number of ether oxygens (including phenoxy) is 3. The van der Waals surface area contributed by atoms with Crippen LogP contribution in [0, 0.1) is 0 Å². The van der Waals surface area contributed by atoms with Gasteiger partial charge in [0, 0.05) is 0 Å². The molecule has 1 amide bonds. The van der Waals surface area contributed by atoms with Crippen molar-refractivity contribution in [3.8, 4) is 28.6 Å². The largest absolute Gasteiger partial charge is 0.495 e. The second kappa shape index (κ2) is 10.1. The Balaban J connectivity index is 1.40. The zero-order valence-corrected chi connectivity index (χ0v) is 17.4. The van der Waals surface area contributed by atoms with E-state index in [1.807, 2.05) is 48.5 Å². The first-order valence-electron chi connectivity index (χ1n) is 9.88. The summed E-state index contributed by atoms with van der Waals surface area (Å²) in [7, 11) is 1.54. The van der Waals surface area contributed by atoms with Crippen LogP contribution in [0.1, 0.15) is 5.89 Å². The van der Waals surface area contributed by atoms with Crippen molar-refractivity contribution in [2.75, 3.05) is 19.0 Å². The number of nitrogens with one attached hydrogen (secondary N) is 1. The molecule has 162 valence electrons. The molecule has 4 rings (SSSR count). The van der Waals surface area contributed by atoms with E-state index in [0.717, 1.165) is 0 Å². The van der Waals surface area contributed by atoms with Crippen LogP contribution in [-0.4, -0.2) is 29.8 Å². The van der Waals surface area contributed by atoms with Crippen molar-refractivity contribution in [1.82, 2.24) is 10.1 Å². The average Bonchev–Trinajstić information content (AvgIpc) is 3.31. The van der Waals surface area contributed by atoms with Gasteiger partial charge < -0.3 is 24.1 Å². The first-order valence-corrected chi connectivity index (χ1v) is 9.88. The van der Waals surface area contributed by atoms with Crippen molar-refractivity contribution in [1.29, 1.82) is 0 Å². The van der Waals surface area contributed by atoms with Gasteiger partial charge in [0.2, 0.25) is 5.82 Å². The molecular formula is C24H21N3O5. The van der Waals surface area contributed by atoms with E-state index >= 15 is 0 Å². The maximum absolute atomic E-state index is 12.4. The molecule has 0 aliphatic carbocycles. The molecule has 0 atom stereocenters. The van der Waals surface area contributed by atoms with Gasteiger partial charge in [-0.3, -0.25) is 4.79 Å². The van der Waals surface area contributed by atoms with Crippen molar-refractivity contribution in [2.45, 2.75) is 6.61 Å². The lowest BCUT2D eigenvalue weighted by Gasteiger charge is -2.11. The number of nitrogens with zero attached hydrogens (tertiary/aromatic N) is 2. The number of benzene rings is 3. The van der Waals surface area contributed by atoms with Gasteiger partial charge >= 0.3 is 0 Å². The zero-order valence-electron chi connectivity index (χ0n) is 17.4. The summed E-state index contributed by atoms with van der Waals surface area (Å²) >= 11 is 0. The predicted octanol–water partition coefficient (Wildman–Crippen LogP) is 4.34. The van der Waals surface area contributed by atoms with Gasteiger partial charge in [0.25, 0.3) is 11.8 Å². The Hall–Kier alpha value is -4.33. The van der Waals surface area contributed by atoms with Crippen LogP contribution in [0.4, 0.5) is 5.69 Å². The molecular weight excluding hydrogens is 410 g/mol. The van der Waals surface area contributed by atoms with E-state index < -0.39 is 0 Å². The summed E-state index contributed by atoms with van der Waals surface area (Å²) in [6.45, 7) is -0.0573. The fourth-order valence-electron chi connectivity index (χ4n) is 2.94. The number of hydrogen-bond acceptors (Lipinski definition) is 7. The molecule has 0 bridgehead atoms. The molecule has 0 radical (unpaired) electrons. The molecule has 0 saturated heterocycles. The molecule has 0 aliphatic heterocycles. The lowest BCUT2D eigenvalue weighted by molar-refractivity contribution is -0.118. The minimum Gasteiger partial charge on any atom is -0.495 e. The van der Waals surface area contributed by atoms with Crippen LogP contribution in [0.15, 0.2) is 83.4 Å². The summed E-state index contributed by atoms with van der Waals surface area (Å²) in [6, 6.07) is 23.7. The van der Waals surface area contributed by atoms with Gasteiger partial charge in [-0.15, -0.1) is 0 Å². The van der Waals surface area contributed by atoms with Gasteiger partial charge in [-0.1, -0.05) is 47.6 Å². The van der Waals surface area contributed by atoms with E-state index in [1.165, 1.54) is 0 Å². The van der Waals surface area contributed by atoms with Gasteiger partial charge in [-0.2, -0.15) is 4.98 Å². The second-order valence-electron chi connectivity index (χ2n) is 6.65. The maximum Gasteiger partial charge on any atom is 0.264 e. The standard InChI is InChI=1S/C24H21N3O5/c1-29-21-14-8-6-12-19(21)25-22(28)15-31-20-13-7-5-11-18(20)24-26-23(32-27-24)16-30-17-9-3-2-4-10-17/h2-14H,15-16H2,1H3,(H,25,28). The third-order valence-electron chi connectivity index (χ3n) is 4.44. The maximum atomic E-state index is 12.4. The van der Waals surface area contributed by atoms with E-state index in [1.54, 1.807) is 37.4 Å². The highest BCUT2D eigenvalue weighted by Crippen LogP contribution is 2.28. The summed E-state index contributed by atoms with van der Waals surface area (Å²) in [5, 5.41) is 6.79. The van der Waals surface area contributed by atoms with E-state index in [2.05, 4.69) is 15.5 Å². The molecule has 1 N–H and O–H groups in total. The molecule has 3 aromatic carbocycles. The van der Waals surface area contributed by atoms with E-state index in [9.17, 15) is 4.79 Å². The molecule has 0 aliphatic rings. The highest BCUT2D eigenvalue weighted by Gasteiger charge is 2.15. The average molecular weight is 431 g/mol. The molecule has 0 spiro atoms. The molecule has 0 saturated carbocycles. The third-order valence-corrected chi connectivity index (χ3v) is 4.44. The fraction of sp³-hybridized carbons (Fsp3) is 0.125. The summed E-state index contributed by atoms with van der Waals surface area (Å²) in [4.78, 5) is 16.7. The SMILES string of the molecule is COc1ccccc1NC(=O)COc1ccccc1-c1noc(COc2ccccc2)n1. The minimum atomic E-state index is -0.325. The lowest BCUT2D eigenvalue weighted by Crippen LogP contribution is -2.20. The quantitative estimate of drug-likeness (QED) is 0.421. The van der Waals surface area contributed by atoms with Crippen LogP contribution in [0.3, 0.4) is 0 Å². The van der Waals surface area contributed by atoms with Crippen LogP contribution >= 0.6 is 0 Å². The fourth-order valence-corrected chi connectivity index (χ4v) is 2.94. The summed E-state index contributed by atoms with van der Waals surface area (Å²) in [6.07, 6.45) is 0. The van der Waals surface area contributed by atoms with Gasteiger partial charge in [0.1, 0.15) is 17.2 Å². The van der Waals surface area contributed by atoms with Crippen LogP contribution in [-0.2, 0) is 11.4 Å². The van der Waals surface area contributed by atoms with Gasteiger partial charge in [0.15, 0.2) is 13.2 Å². The van der Waals surface area contributed by atoms with Crippen molar-refractivity contribution < 1.29 is 23.5 Å². The van der Waals surface area contributed by atoms with E-state index in [0.29, 0.717) is 40.2 Å². The molecule has 4 aromatic rings. The molecule has 8 heteroatoms. The van der Waals surface area contributed by atoms with Crippen molar-refractivity contribution >= 4 is 11.6 Å². The minimum absolute atomic E-state index is 0.140. The number of carbonyl (C=O) groups excluding carboxylic acids is 1. The van der Waals surface area contributed by atoms with Gasteiger partial charge in [-0.05, 0) is 36.4 Å². The Morgan fingerprint density at radius 3 is 2.44 bits per heavy atom. The van der Waals surface area contributed by atoms with E-state index in [-0.39, 0.29) is 19.1 Å². The molecule has 0 fully saturated rings. The van der Waals surface area contributed by atoms with Crippen LogP contribution in [0.2, 0.25) is 0 Å². The first kappa shape index (κ1) is 20.9. The molecule has 0 unspecified atom stereocenters. The Labute approximate surface area is 184 Å². The second-order valence-corrected chi connectivity index (χ2v) is 6.65. The molecule has 8 nitrogen and oxygen atoms in total. The monoisotopic (exact) mass is 431 g/mol. The number of carbonyl (C=O) groups is 1. The lowest BCUT2D eigenvalue weighted by atomic mass is 10.2. The van der Waals surface area contributed by atoms with Crippen LogP contribution in [0.5, 0.6) is 17.2 Å². The Morgan fingerprint density at radius 2 is 1.62 bits per heavy atom. The predicted molar refractivity (Wildman–Crippen MR) is 118 cm³/mol.